The zero-order valence-electron chi connectivity index (χ0n) is 25.6. The van der Waals surface area contributed by atoms with Crippen LogP contribution in [0.5, 0.6) is 11.5 Å². The number of aryl methyl sites for hydroxylation is 1. The van der Waals surface area contributed by atoms with Crippen LogP contribution in [-0.2, 0) is 17.6 Å². The van der Waals surface area contributed by atoms with Gasteiger partial charge >= 0.3 is 11.9 Å². The van der Waals surface area contributed by atoms with Crippen molar-refractivity contribution in [3.63, 3.8) is 0 Å². The molecule has 38 heavy (non-hydrogen) atoms. The molecule has 1 aromatic rings. The highest BCUT2D eigenvalue weighted by Gasteiger charge is 2.40. The number of benzene rings is 1. The zero-order valence-corrected chi connectivity index (χ0v) is 26.6. The lowest BCUT2D eigenvalue weighted by Gasteiger charge is -2.37. The van der Waals surface area contributed by atoms with Crippen molar-refractivity contribution in [3.8, 4) is 11.5 Å². The van der Waals surface area contributed by atoms with Crippen molar-refractivity contribution in [3.05, 3.63) is 46.1 Å². The lowest BCUT2D eigenvalue weighted by atomic mass is 9.95. The van der Waals surface area contributed by atoms with E-state index in [0.29, 0.717) is 29.7 Å². The van der Waals surface area contributed by atoms with Crippen molar-refractivity contribution in [2.24, 2.45) is 11.7 Å². The van der Waals surface area contributed by atoms with Crippen LogP contribution in [0.25, 0.3) is 0 Å². The quantitative estimate of drug-likeness (QED) is 0.113. The molecule has 0 bridgehead atoms. The number of allylic oxidation sites excluding steroid dienone is 4. The minimum Gasteiger partial charge on any atom is -0.543 e. The molecule has 7 heteroatoms. The first-order valence-corrected chi connectivity index (χ1v) is 16.7. The predicted octanol–water partition coefficient (Wildman–Crippen LogP) is 7.85. The van der Waals surface area contributed by atoms with E-state index in [1.54, 1.807) is 0 Å². The molecule has 0 spiro atoms. The summed E-state index contributed by atoms with van der Waals surface area (Å²) in [7, 11) is -2.30. The van der Waals surface area contributed by atoms with Gasteiger partial charge in [-0.1, -0.05) is 71.3 Å². The summed E-state index contributed by atoms with van der Waals surface area (Å²) in [5, 5.41) is 10.2. The van der Waals surface area contributed by atoms with E-state index in [0.717, 1.165) is 19.3 Å². The Morgan fingerprint density at radius 1 is 1.13 bits per heavy atom. The first kappa shape index (κ1) is 33.6. The molecule has 0 fully saturated rings. The van der Waals surface area contributed by atoms with Gasteiger partial charge in [-0.25, -0.2) is 9.59 Å². The van der Waals surface area contributed by atoms with E-state index >= 15 is 0 Å². The Kier molecular flexibility index (Phi) is 12.5. The van der Waals surface area contributed by atoms with E-state index < -0.39 is 26.3 Å². The minimum absolute atomic E-state index is 0.0179. The smallest absolute Gasteiger partial charge is 0.339 e. The van der Waals surface area contributed by atoms with Crippen LogP contribution < -0.4 is 14.9 Å². The third-order valence-electron chi connectivity index (χ3n) is 7.27. The predicted molar refractivity (Wildman–Crippen MR) is 160 cm³/mol. The SMILES string of the molecule is CCCc1cc(O[Si](C)(C)C(C)(C)C)c(C/C=C(\C)CCC=C(C)C)c(OC(=O)C(N)C(C)C)c1C(=O)O. The second-order valence-electron chi connectivity index (χ2n) is 12.4. The van der Waals surface area contributed by atoms with Crippen LogP contribution >= 0.6 is 0 Å². The molecule has 1 unspecified atom stereocenters. The van der Waals surface area contributed by atoms with Crippen LogP contribution in [0.1, 0.15) is 103 Å². The first-order valence-electron chi connectivity index (χ1n) is 13.8. The van der Waals surface area contributed by atoms with E-state index in [1.807, 2.05) is 26.8 Å². The molecule has 0 aromatic heterocycles. The van der Waals surface area contributed by atoms with Gasteiger partial charge in [0.25, 0.3) is 0 Å². The average Bonchev–Trinajstić information content (AvgIpc) is 2.76. The largest absolute Gasteiger partial charge is 0.543 e. The Balaban J connectivity index is 3.88. The fraction of sp³-hybridized carbons (Fsp3) is 0.613. The Morgan fingerprint density at radius 3 is 2.21 bits per heavy atom. The number of aromatic carboxylic acids is 1. The van der Waals surface area contributed by atoms with Crippen LogP contribution in [-0.4, -0.2) is 31.4 Å². The summed E-state index contributed by atoms with van der Waals surface area (Å²) in [5.41, 5.74) is 9.76. The molecule has 1 atom stereocenters. The highest BCUT2D eigenvalue weighted by molar-refractivity contribution is 6.74. The summed E-state index contributed by atoms with van der Waals surface area (Å²) in [6.07, 6.45) is 7.74. The van der Waals surface area contributed by atoms with Crippen molar-refractivity contribution in [1.82, 2.24) is 0 Å². The Morgan fingerprint density at radius 2 is 1.74 bits per heavy atom. The standard InChI is InChI=1S/C31H51NO5Si/c1-12-14-23-19-25(37-38(10,11)31(7,8)9)24(18-17-22(6)16-13-15-20(2)3)28(26(23)29(33)34)36-30(35)27(32)21(4)5/h15,17,19,21,27H,12-14,16,18,32H2,1-11H3,(H,33,34)/b22-17+. The normalized spacial score (nSPS) is 13.3. The summed E-state index contributed by atoms with van der Waals surface area (Å²) in [6, 6.07) is 0.986. The second-order valence-corrected chi connectivity index (χ2v) is 17.1. The van der Waals surface area contributed by atoms with Crippen molar-refractivity contribution in [2.75, 3.05) is 0 Å². The molecule has 1 rings (SSSR count). The van der Waals surface area contributed by atoms with Gasteiger partial charge in [-0.2, -0.15) is 0 Å². The van der Waals surface area contributed by atoms with Crippen LogP contribution in [0.3, 0.4) is 0 Å². The number of hydrogen-bond acceptors (Lipinski definition) is 5. The average molecular weight is 546 g/mol. The first-order chi connectivity index (χ1) is 17.4. The number of carboxylic acids is 1. The van der Waals surface area contributed by atoms with Gasteiger partial charge in [0.05, 0.1) is 0 Å². The van der Waals surface area contributed by atoms with Crippen molar-refractivity contribution in [1.29, 1.82) is 0 Å². The van der Waals surface area contributed by atoms with Crippen molar-refractivity contribution in [2.45, 2.75) is 119 Å². The molecule has 0 aliphatic heterocycles. The maximum Gasteiger partial charge on any atom is 0.339 e. The Hall–Kier alpha value is -2.38. The fourth-order valence-corrected chi connectivity index (χ4v) is 4.70. The maximum atomic E-state index is 13.1. The molecule has 0 saturated heterocycles. The molecule has 214 valence electrons. The summed E-state index contributed by atoms with van der Waals surface area (Å²) in [6.45, 7) is 22.7. The highest BCUT2D eigenvalue weighted by Crippen LogP contribution is 2.43. The number of hydrogen-bond donors (Lipinski definition) is 2. The molecule has 0 heterocycles. The second kappa shape index (κ2) is 14.1. The van der Waals surface area contributed by atoms with Gasteiger partial charge in [0, 0.05) is 5.56 Å². The lowest BCUT2D eigenvalue weighted by Crippen LogP contribution is -2.44. The molecule has 0 radical (unpaired) electrons. The number of carbonyl (C=O) groups excluding carboxylic acids is 1. The number of ether oxygens (including phenoxy) is 1. The Labute approximate surface area is 231 Å². The van der Waals surface area contributed by atoms with Crippen LogP contribution in [0.2, 0.25) is 18.1 Å². The van der Waals surface area contributed by atoms with E-state index in [2.05, 4.69) is 66.8 Å². The number of esters is 1. The topological polar surface area (TPSA) is 98.9 Å². The summed E-state index contributed by atoms with van der Waals surface area (Å²) in [4.78, 5) is 25.6. The van der Waals surface area contributed by atoms with Gasteiger partial charge in [0.1, 0.15) is 17.4 Å². The molecular weight excluding hydrogens is 494 g/mol. The van der Waals surface area contributed by atoms with Crippen LogP contribution in [0.4, 0.5) is 0 Å². The summed E-state index contributed by atoms with van der Waals surface area (Å²) >= 11 is 0. The molecular formula is C31H51NO5Si. The van der Waals surface area contributed by atoms with Gasteiger partial charge in [-0.05, 0) is 82.1 Å². The lowest BCUT2D eigenvalue weighted by molar-refractivity contribution is -0.136. The van der Waals surface area contributed by atoms with Gasteiger partial charge in [-0.3, -0.25) is 0 Å². The number of rotatable bonds is 13. The molecule has 0 amide bonds. The van der Waals surface area contributed by atoms with E-state index in [1.165, 1.54) is 11.1 Å². The number of carboxylic acid groups (broad SMARTS) is 1. The van der Waals surface area contributed by atoms with Crippen LogP contribution in [0, 0.1) is 5.92 Å². The van der Waals surface area contributed by atoms with Crippen molar-refractivity contribution >= 4 is 20.3 Å². The van der Waals surface area contributed by atoms with Crippen molar-refractivity contribution < 1.29 is 23.9 Å². The maximum absolute atomic E-state index is 13.1. The zero-order chi connectivity index (χ0) is 29.4. The van der Waals surface area contributed by atoms with Gasteiger partial charge in [0.2, 0.25) is 8.32 Å². The number of nitrogens with two attached hydrogens (primary N) is 1. The molecule has 0 aliphatic rings. The molecule has 0 aliphatic carbocycles. The van der Waals surface area contributed by atoms with E-state index in [9.17, 15) is 14.7 Å². The van der Waals surface area contributed by atoms with E-state index in [4.69, 9.17) is 14.9 Å². The third kappa shape index (κ3) is 9.42. The summed E-state index contributed by atoms with van der Waals surface area (Å²) < 4.78 is 12.7. The minimum atomic E-state index is -2.30. The molecule has 0 saturated carbocycles. The van der Waals surface area contributed by atoms with Gasteiger partial charge < -0.3 is 20.0 Å². The highest BCUT2D eigenvalue weighted by atomic mass is 28.4. The molecule has 6 nitrogen and oxygen atoms in total. The molecule has 1 aromatic carbocycles. The fourth-order valence-electron chi connectivity index (χ4n) is 3.66. The van der Waals surface area contributed by atoms with Crippen LogP contribution in [0.15, 0.2) is 29.4 Å². The Bertz CT molecular complexity index is 1040. The third-order valence-corrected chi connectivity index (χ3v) is 11.6. The molecule has 3 N–H and O–H groups in total. The monoisotopic (exact) mass is 545 g/mol. The van der Waals surface area contributed by atoms with Gasteiger partial charge in [-0.15, -0.1) is 0 Å². The number of carbonyl (C=O) groups is 2. The van der Waals surface area contributed by atoms with Gasteiger partial charge in [0.15, 0.2) is 5.75 Å². The summed E-state index contributed by atoms with van der Waals surface area (Å²) in [5.74, 6) is -1.26. The van der Waals surface area contributed by atoms with E-state index in [-0.39, 0.29) is 22.3 Å².